The maximum Gasteiger partial charge on any atom is 0.251 e. The van der Waals surface area contributed by atoms with Gasteiger partial charge < -0.3 is 5.32 Å². The van der Waals surface area contributed by atoms with Crippen LogP contribution in [0.4, 0.5) is 5.69 Å². The average Bonchev–Trinajstić information content (AvgIpc) is 3.12. The van der Waals surface area contributed by atoms with E-state index in [1.807, 2.05) is 67.6 Å². The molecule has 0 unspecified atom stereocenters. The van der Waals surface area contributed by atoms with Crippen molar-refractivity contribution in [2.24, 2.45) is 0 Å². The van der Waals surface area contributed by atoms with Gasteiger partial charge in [0.2, 0.25) is 0 Å². The monoisotopic (exact) mass is 384 g/mol. The molecule has 4 rings (SSSR count). The summed E-state index contributed by atoms with van der Waals surface area (Å²) in [5.74, 6) is -0.105. The van der Waals surface area contributed by atoms with E-state index < -0.39 is 0 Å². The van der Waals surface area contributed by atoms with E-state index in [1.165, 1.54) is 10.3 Å². The summed E-state index contributed by atoms with van der Waals surface area (Å²) < 4.78 is 1.19. The van der Waals surface area contributed by atoms with Crippen molar-refractivity contribution >= 4 is 39.2 Å². The first-order chi connectivity index (χ1) is 13.6. The largest absolute Gasteiger partial charge is 0.322 e. The summed E-state index contributed by atoms with van der Waals surface area (Å²) in [5.41, 5.74) is 5.75. The molecule has 0 fully saturated rings. The van der Waals surface area contributed by atoms with Crippen molar-refractivity contribution in [1.29, 1.82) is 0 Å². The number of hydrogen-bond acceptors (Lipinski definition) is 3. The van der Waals surface area contributed by atoms with Crippen molar-refractivity contribution < 1.29 is 4.79 Å². The van der Waals surface area contributed by atoms with Gasteiger partial charge in [0.1, 0.15) is 5.01 Å². The molecule has 3 nitrogen and oxygen atoms in total. The van der Waals surface area contributed by atoms with Crippen molar-refractivity contribution in [2.75, 3.05) is 5.32 Å². The van der Waals surface area contributed by atoms with Crippen LogP contribution in [0.1, 0.15) is 18.1 Å². The highest BCUT2D eigenvalue weighted by Gasteiger charge is 2.08. The predicted molar refractivity (Wildman–Crippen MR) is 119 cm³/mol. The second-order valence-corrected chi connectivity index (χ2v) is 7.79. The molecule has 138 valence electrons. The Labute approximate surface area is 168 Å². The lowest BCUT2D eigenvalue weighted by Crippen LogP contribution is -2.12. The summed E-state index contributed by atoms with van der Waals surface area (Å²) in [5, 5.41) is 3.94. The molecule has 0 aliphatic rings. The molecule has 0 aliphatic heterocycles. The summed E-state index contributed by atoms with van der Waals surface area (Å²) in [7, 11) is 0. The van der Waals surface area contributed by atoms with Gasteiger partial charge in [-0.25, -0.2) is 4.98 Å². The van der Waals surface area contributed by atoms with Crippen LogP contribution in [0.2, 0.25) is 0 Å². The molecule has 4 heteroatoms. The lowest BCUT2D eigenvalue weighted by molar-refractivity contribution is -0.112. The second kappa shape index (κ2) is 7.79. The molecule has 0 bridgehead atoms. The van der Waals surface area contributed by atoms with E-state index in [2.05, 4.69) is 30.4 Å². The van der Waals surface area contributed by atoms with E-state index in [0.717, 1.165) is 27.3 Å². The normalized spacial score (nSPS) is 11.6. The third kappa shape index (κ3) is 4.02. The number of carbonyl (C=O) groups excluding carboxylic acids is 1. The molecule has 0 radical (unpaired) electrons. The molecule has 4 aromatic rings. The summed E-state index contributed by atoms with van der Waals surface area (Å²) in [6, 6.07) is 24.0. The van der Waals surface area contributed by atoms with E-state index in [-0.39, 0.29) is 5.91 Å². The Bertz CT molecular complexity index is 1160. The van der Waals surface area contributed by atoms with Crippen molar-refractivity contribution in [1.82, 2.24) is 4.98 Å². The molecule has 28 heavy (non-hydrogen) atoms. The van der Waals surface area contributed by atoms with Gasteiger partial charge in [0.25, 0.3) is 5.91 Å². The van der Waals surface area contributed by atoms with Gasteiger partial charge >= 0.3 is 0 Å². The number of nitrogens with zero attached hydrogens (tertiary/aromatic N) is 1. The molecule has 0 saturated carbocycles. The molecular formula is C24H20N2OS. The van der Waals surface area contributed by atoms with Crippen LogP contribution in [-0.2, 0) is 4.79 Å². The van der Waals surface area contributed by atoms with Crippen molar-refractivity contribution in [3.8, 4) is 10.6 Å². The van der Waals surface area contributed by atoms with Crippen LogP contribution in [0.25, 0.3) is 26.9 Å². The van der Waals surface area contributed by atoms with Gasteiger partial charge in [0.15, 0.2) is 0 Å². The third-order valence-corrected chi connectivity index (χ3v) is 5.54. The first-order valence-electron chi connectivity index (χ1n) is 9.11. The molecule has 1 N–H and O–H groups in total. The molecular weight excluding hydrogens is 364 g/mol. The number of thiazole rings is 1. The fraction of sp³-hybridized carbons (Fsp3) is 0.0833. The molecule has 0 spiro atoms. The molecule has 1 amide bonds. The Kier molecular flexibility index (Phi) is 5.04. The Morgan fingerprint density at radius 1 is 1.00 bits per heavy atom. The summed E-state index contributed by atoms with van der Waals surface area (Å²) in [6.45, 7) is 3.91. The number of benzene rings is 3. The number of amides is 1. The zero-order valence-corrected chi connectivity index (χ0v) is 16.6. The average molecular weight is 385 g/mol. The number of aromatic nitrogens is 1. The van der Waals surface area contributed by atoms with Crippen molar-refractivity contribution in [3.63, 3.8) is 0 Å². The SMILES string of the molecule is C/C(=C\c1ccccc1)C(=O)Nc1ccc(-c2nc3ccc(C)cc3s2)cc1. The second-order valence-electron chi connectivity index (χ2n) is 6.76. The standard InChI is InChI=1S/C24H20N2OS/c1-16-8-13-21-22(14-16)28-24(26-21)19-9-11-20(12-10-19)25-23(27)17(2)15-18-6-4-3-5-7-18/h3-15H,1-2H3,(H,25,27)/b17-15+. The van der Waals surface area contributed by atoms with Gasteiger partial charge in [0.05, 0.1) is 10.2 Å². The predicted octanol–water partition coefficient (Wildman–Crippen LogP) is 6.31. The molecule has 1 aromatic heterocycles. The van der Waals surface area contributed by atoms with E-state index >= 15 is 0 Å². The minimum Gasteiger partial charge on any atom is -0.322 e. The number of anilines is 1. The Balaban J connectivity index is 1.49. The van der Waals surface area contributed by atoms with Crippen molar-refractivity contribution in [3.05, 3.63) is 89.5 Å². The number of hydrogen-bond donors (Lipinski definition) is 1. The first kappa shape index (κ1) is 18.1. The van der Waals surface area contributed by atoms with Crippen LogP contribution < -0.4 is 5.32 Å². The smallest absolute Gasteiger partial charge is 0.251 e. The lowest BCUT2D eigenvalue weighted by Gasteiger charge is -2.06. The van der Waals surface area contributed by atoms with Gasteiger partial charge in [-0.2, -0.15) is 0 Å². The Hall–Kier alpha value is -3.24. The molecule has 0 saturated heterocycles. The van der Waals surface area contributed by atoms with Gasteiger partial charge in [-0.3, -0.25) is 4.79 Å². The number of nitrogens with one attached hydrogen (secondary N) is 1. The zero-order chi connectivity index (χ0) is 19.5. The maximum absolute atomic E-state index is 12.4. The Morgan fingerprint density at radius 2 is 1.75 bits per heavy atom. The highest BCUT2D eigenvalue weighted by atomic mass is 32.1. The van der Waals surface area contributed by atoms with Gasteiger partial charge in [-0.15, -0.1) is 11.3 Å². The number of aryl methyl sites for hydroxylation is 1. The number of fused-ring (bicyclic) bond motifs is 1. The van der Waals surface area contributed by atoms with Crippen LogP contribution in [0, 0.1) is 6.92 Å². The van der Waals surface area contributed by atoms with Crippen LogP contribution in [0.5, 0.6) is 0 Å². The van der Waals surface area contributed by atoms with Crippen LogP contribution in [0.15, 0.2) is 78.4 Å². The highest BCUT2D eigenvalue weighted by Crippen LogP contribution is 2.31. The summed E-state index contributed by atoms with van der Waals surface area (Å²) in [4.78, 5) is 17.1. The fourth-order valence-electron chi connectivity index (χ4n) is 2.95. The topological polar surface area (TPSA) is 42.0 Å². The van der Waals surface area contributed by atoms with E-state index in [1.54, 1.807) is 11.3 Å². The zero-order valence-electron chi connectivity index (χ0n) is 15.8. The number of carbonyl (C=O) groups is 1. The molecule has 3 aromatic carbocycles. The van der Waals surface area contributed by atoms with Gasteiger partial charge in [-0.1, -0.05) is 36.4 Å². The van der Waals surface area contributed by atoms with Crippen molar-refractivity contribution in [2.45, 2.75) is 13.8 Å². The third-order valence-electron chi connectivity index (χ3n) is 4.47. The lowest BCUT2D eigenvalue weighted by atomic mass is 10.1. The summed E-state index contributed by atoms with van der Waals surface area (Å²) in [6.07, 6.45) is 1.88. The van der Waals surface area contributed by atoms with Crippen LogP contribution >= 0.6 is 11.3 Å². The maximum atomic E-state index is 12.4. The molecule has 0 aliphatic carbocycles. The van der Waals surface area contributed by atoms with E-state index in [0.29, 0.717) is 5.57 Å². The Morgan fingerprint density at radius 3 is 2.50 bits per heavy atom. The minimum atomic E-state index is -0.105. The van der Waals surface area contributed by atoms with Gasteiger partial charge in [0, 0.05) is 16.8 Å². The van der Waals surface area contributed by atoms with Crippen LogP contribution in [-0.4, -0.2) is 10.9 Å². The quantitative estimate of drug-likeness (QED) is 0.419. The minimum absolute atomic E-state index is 0.105. The first-order valence-corrected chi connectivity index (χ1v) is 9.92. The molecule has 1 heterocycles. The number of rotatable bonds is 4. The van der Waals surface area contributed by atoms with E-state index in [9.17, 15) is 4.79 Å². The summed E-state index contributed by atoms with van der Waals surface area (Å²) >= 11 is 1.68. The van der Waals surface area contributed by atoms with E-state index in [4.69, 9.17) is 4.98 Å². The molecule has 0 atom stereocenters. The van der Waals surface area contributed by atoms with Gasteiger partial charge in [-0.05, 0) is 67.4 Å². The highest BCUT2D eigenvalue weighted by molar-refractivity contribution is 7.21. The fourth-order valence-corrected chi connectivity index (χ4v) is 4.02. The van der Waals surface area contributed by atoms with Crippen LogP contribution in [0.3, 0.4) is 0 Å².